The molecule has 1 aromatic carbocycles. The number of benzene rings is 1. The molecule has 0 spiro atoms. The van der Waals surface area contributed by atoms with Crippen LogP contribution >= 0.6 is 0 Å². The molecule has 0 N–H and O–H groups in total. The van der Waals surface area contributed by atoms with Crippen molar-refractivity contribution in [1.29, 1.82) is 0 Å². The van der Waals surface area contributed by atoms with Crippen molar-refractivity contribution in [3.63, 3.8) is 0 Å². The smallest absolute Gasteiger partial charge is 0.307 e. The molecule has 5 nitrogen and oxygen atoms in total. The molecular weight excluding hydrogens is 201 g/mol. The molecule has 6 heteroatoms. The maximum atomic E-state index is 13.6. The van der Waals surface area contributed by atoms with Gasteiger partial charge in [-0.1, -0.05) is 0 Å². The number of hydrogen-bond donors (Lipinski definition) is 0. The zero-order valence-electron chi connectivity index (χ0n) is 8.19. The monoisotopic (exact) mass is 209 g/mol. The number of aryl methyl sites for hydroxylation is 2. The number of imidazole rings is 1. The molecule has 0 bridgehead atoms. The normalized spacial score (nSPS) is 10.9. The van der Waals surface area contributed by atoms with Crippen molar-refractivity contribution in [1.82, 2.24) is 9.55 Å². The van der Waals surface area contributed by atoms with Gasteiger partial charge in [-0.25, -0.2) is 4.98 Å². The number of nitrogens with zero attached hydrogens (tertiary/aromatic N) is 3. The minimum absolute atomic E-state index is 0.0456. The first-order chi connectivity index (χ1) is 7.02. The molecule has 1 heterocycles. The molecule has 15 heavy (non-hydrogen) atoms. The van der Waals surface area contributed by atoms with Crippen LogP contribution in [0.4, 0.5) is 10.1 Å². The first-order valence-electron chi connectivity index (χ1n) is 4.28. The zero-order chi connectivity index (χ0) is 11.2. The van der Waals surface area contributed by atoms with Gasteiger partial charge in [-0.3, -0.25) is 10.1 Å². The lowest BCUT2D eigenvalue weighted by atomic mass is 10.2. The van der Waals surface area contributed by atoms with E-state index in [1.165, 1.54) is 6.07 Å². The van der Waals surface area contributed by atoms with Crippen LogP contribution in [-0.4, -0.2) is 14.5 Å². The molecule has 0 atom stereocenters. The summed E-state index contributed by atoms with van der Waals surface area (Å²) in [7, 11) is 1.73. The second kappa shape index (κ2) is 3.01. The first kappa shape index (κ1) is 9.57. The molecule has 1 aromatic heterocycles. The molecule has 0 unspecified atom stereocenters. The summed E-state index contributed by atoms with van der Waals surface area (Å²) in [5.41, 5.74) is 0.0559. The number of rotatable bonds is 1. The summed E-state index contributed by atoms with van der Waals surface area (Å²) in [5.74, 6) is -0.259. The molecule has 0 saturated carbocycles. The predicted octanol–water partition coefficient (Wildman–Crippen LogP) is 1.93. The van der Waals surface area contributed by atoms with E-state index in [9.17, 15) is 14.5 Å². The topological polar surface area (TPSA) is 61.0 Å². The van der Waals surface area contributed by atoms with Crippen LogP contribution in [0.15, 0.2) is 12.1 Å². The van der Waals surface area contributed by atoms with Crippen LogP contribution in [0.25, 0.3) is 11.0 Å². The number of nitro benzene ring substituents is 1. The summed E-state index contributed by atoms with van der Waals surface area (Å²) in [6, 6.07) is 2.65. The van der Waals surface area contributed by atoms with Crippen LogP contribution in [0.5, 0.6) is 0 Å². The SMILES string of the molecule is Cc1nc2c(F)c([N+](=O)[O-])ccc2n1C. The summed E-state index contributed by atoms with van der Waals surface area (Å²) in [6.07, 6.45) is 0. The van der Waals surface area contributed by atoms with E-state index >= 15 is 0 Å². The lowest BCUT2D eigenvalue weighted by molar-refractivity contribution is -0.387. The first-order valence-corrected chi connectivity index (χ1v) is 4.28. The van der Waals surface area contributed by atoms with Gasteiger partial charge < -0.3 is 4.57 Å². The van der Waals surface area contributed by atoms with Gasteiger partial charge >= 0.3 is 5.69 Å². The minimum Gasteiger partial charge on any atom is -0.331 e. The lowest BCUT2D eigenvalue weighted by Gasteiger charge is -1.97. The quantitative estimate of drug-likeness (QED) is 0.532. The third kappa shape index (κ3) is 1.25. The molecule has 0 aliphatic rings. The Labute approximate surface area is 84.3 Å². The van der Waals surface area contributed by atoms with Crippen molar-refractivity contribution in [3.05, 3.63) is 33.9 Å². The van der Waals surface area contributed by atoms with E-state index < -0.39 is 16.4 Å². The van der Waals surface area contributed by atoms with Crippen LogP contribution in [0.2, 0.25) is 0 Å². The van der Waals surface area contributed by atoms with Crippen molar-refractivity contribution in [2.24, 2.45) is 7.05 Å². The Balaban J connectivity index is 2.85. The summed E-state index contributed by atoms with van der Waals surface area (Å²) >= 11 is 0. The minimum atomic E-state index is -0.874. The Hall–Kier alpha value is -1.98. The molecule has 0 amide bonds. The van der Waals surface area contributed by atoms with Crippen LogP contribution in [0.3, 0.4) is 0 Å². The van der Waals surface area contributed by atoms with E-state index in [4.69, 9.17) is 0 Å². The summed E-state index contributed by atoms with van der Waals surface area (Å²) < 4.78 is 15.3. The van der Waals surface area contributed by atoms with E-state index in [2.05, 4.69) is 4.98 Å². The molecule has 0 fully saturated rings. The second-order valence-electron chi connectivity index (χ2n) is 3.24. The number of hydrogen-bond acceptors (Lipinski definition) is 3. The Morgan fingerprint density at radius 2 is 2.20 bits per heavy atom. The summed E-state index contributed by atoms with van der Waals surface area (Å²) in [4.78, 5) is 13.7. The van der Waals surface area contributed by atoms with E-state index in [1.54, 1.807) is 18.5 Å². The van der Waals surface area contributed by atoms with Gasteiger partial charge in [0.2, 0.25) is 5.82 Å². The zero-order valence-corrected chi connectivity index (χ0v) is 8.19. The van der Waals surface area contributed by atoms with Gasteiger partial charge in [0.15, 0.2) is 0 Å². The van der Waals surface area contributed by atoms with Gasteiger partial charge in [-0.05, 0) is 13.0 Å². The molecule has 0 aliphatic carbocycles. The Kier molecular flexibility index (Phi) is 1.92. The molecule has 78 valence electrons. The largest absolute Gasteiger partial charge is 0.331 e. The highest BCUT2D eigenvalue weighted by Crippen LogP contribution is 2.25. The van der Waals surface area contributed by atoms with Crippen LogP contribution < -0.4 is 0 Å². The summed E-state index contributed by atoms with van der Waals surface area (Å²) in [5, 5.41) is 10.5. The fraction of sp³-hybridized carbons (Fsp3) is 0.222. The Morgan fingerprint density at radius 3 is 2.80 bits per heavy atom. The van der Waals surface area contributed by atoms with Crippen molar-refractivity contribution >= 4 is 16.7 Å². The Bertz CT molecular complexity index is 562. The maximum absolute atomic E-state index is 13.6. The Morgan fingerprint density at radius 1 is 1.53 bits per heavy atom. The molecular formula is C9H8FN3O2. The van der Waals surface area contributed by atoms with Crippen LogP contribution in [-0.2, 0) is 7.05 Å². The van der Waals surface area contributed by atoms with E-state index in [1.807, 2.05) is 0 Å². The number of nitro groups is 1. The second-order valence-corrected chi connectivity index (χ2v) is 3.24. The number of fused-ring (bicyclic) bond motifs is 1. The van der Waals surface area contributed by atoms with Crippen molar-refractivity contribution < 1.29 is 9.31 Å². The highest BCUT2D eigenvalue weighted by Gasteiger charge is 2.19. The van der Waals surface area contributed by atoms with Gasteiger partial charge in [0, 0.05) is 13.1 Å². The highest BCUT2D eigenvalue weighted by atomic mass is 19.1. The fourth-order valence-corrected chi connectivity index (χ4v) is 1.47. The maximum Gasteiger partial charge on any atom is 0.307 e. The fourth-order valence-electron chi connectivity index (χ4n) is 1.47. The van der Waals surface area contributed by atoms with Crippen molar-refractivity contribution in [3.8, 4) is 0 Å². The van der Waals surface area contributed by atoms with Crippen molar-refractivity contribution in [2.75, 3.05) is 0 Å². The summed E-state index contributed by atoms with van der Waals surface area (Å²) in [6.45, 7) is 1.71. The van der Waals surface area contributed by atoms with E-state index in [0.29, 0.717) is 11.3 Å². The van der Waals surface area contributed by atoms with E-state index in [-0.39, 0.29) is 5.52 Å². The van der Waals surface area contributed by atoms with Gasteiger partial charge in [0.25, 0.3) is 0 Å². The molecule has 0 radical (unpaired) electrons. The molecule has 2 aromatic rings. The van der Waals surface area contributed by atoms with Crippen LogP contribution in [0.1, 0.15) is 5.82 Å². The van der Waals surface area contributed by atoms with Crippen LogP contribution in [0, 0.1) is 22.9 Å². The third-order valence-electron chi connectivity index (χ3n) is 2.39. The molecule has 0 aliphatic heterocycles. The van der Waals surface area contributed by atoms with Crippen molar-refractivity contribution in [2.45, 2.75) is 6.92 Å². The molecule has 2 rings (SSSR count). The van der Waals surface area contributed by atoms with Gasteiger partial charge in [0.1, 0.15) is 11.3 Å². The number of aromatic nitrogens is 2. The predicted molar refractivity (Wildman–Crippen MR) is 52.1 cm³/mol. The van der Waals surface area contributed by atoms with Gasteiger partial charge in [-0.15, -0.1) is 0 Å². The van der Waals surface area contributed by atoms with Gasteiger partial charge in [-0.2, -0.15) is 4.39 Å². The average Bonchev–Trinajstić information content (AvgIpc) is 2.45. The third-order valence-corrected chi connectivity index (χ3v) is 2.39. The average molecular weight is 209 g/mol. The lowest BCUT2D eigenvalue weighted by Crippen LogP contribution is -1.94. The van der Waals surface area contributed by atoms with E-state index in [0.717, 1.165) is 6.07 Å². The molecule has 0 saturated heterocycles. The highest BCUT2D eigenvalue weighted by molar-refractivity contribution is 5.79. The van der Waals surface area contributed by atoms with Gasteiger partial charge in [0.05, 0.1) is 10.4 Å². The number of halogens is 1. The standard InChI is InChI=1S/C9H8FN3O2/c1-5-11-9-7(12(5)2)4-3-6(8(9)10)13(14)15/h3-4H,1-2H3.